The monoisotopic (exact) mass is 199 g/mol. The van der Waals surface area contributed by atoms with Gasteiger partial charge in [0.15, 0.2) is 0 Å². The van der Waals surface area contributed by atoms with Gasteiger partial charge in [-0.25, -0.2) is 0 Å². The average molecular weight is 200 g/mol. The number of fused-ring (bicyclic) bond motifs is 1. The van der Waals surface area contributed by atoms with Crippen LogP contribution in [0.2, 0.25) is 0 Å². The molecule has 1 aliphatic rings. The average Bonchev–Trinajstić information content (AvgIpc) is 2.51. The van der Waals surface area contributed by atoms with E-state index in [0.29, 0.717) is 6.61 Å². The van der Waals surface area contributed by atoms with E-state index in [-0.39, 0.29) is 12.4 Å². The predicted molar refractivity (Wildman–Crippen MR) is 54.9 cm³/mol. The maximum atomic E-state index is 5.07. The quantitative estimate of drug-likeness (QED) is 0.785. The molecule has 0 unspecified atom stereocenters. The summed E-state index contributed by atoms with van der Waals surface area (Å²) in [7, 11) is 1.73. The van der Waals surface area contributed by atoms with Crippen LogP contribution in [0.5, 0.6) is 0 Å². The van der Waals surface area contributed by atoms with Crippen molar-refractivity contribution in [3.63, 3.8) is 0 Å². The number of methoxy groups -OCH3 is 1. The Morgan fingerprint density at radius 3 is 2.85 bits per heavy atom. The Bertz CT molecular complexity index is 288. The third kappa shape index (κ3) is 2.21. The summed E-state index contributed by atoms with van der Waals surface area (Å²) in [5, 5.41) is 3.32. The molecule has 0 spiro atoms. The van der Waals surface area contributed by atoms with Gasteiger partial charge in [0.05, 0.1) is 6.61 Å². The van der Waals surface area contributed by atoms with Crippen LogP contribution in [0.25, 0.3) is 0 Å². The molecule has 2 rings (SSSR count). The predicted octanol–water partition coefficient (Wildman–Crippen LogP) is 1.86. The SMILES string of the molecule is COCc1ccc2c(c1)CNC2.Cl. The first-order valence-corrected chi connectivity index (χ1v) is 4.20. The van der Waals surface area contributed by atoms with Crippen LogP contribution < -0.4 is 5.32 Å². The fraction of sp³-hybridized carbons (Fsp3) is 0.400. The minimum absolute atomic E-state index is 0. The number of rotatable bonds is 2. The van der Waals surface area contributed by atoms with E-state index >= 15 is 0 Å². The van der Waals surface area contributed by atoms with E-state index in [1.165, 1.54) is 16.7 Å². The van der Waals surface area contributed by atoms with Crippen LogP contribution in [-0.4, -0.2) is 7.11 Å². The minimum Gasteiger partial charge on any atom is -0.380 e. The third-order valence-electron chi connectivity index (χ3n) is 2.21. The van der Waals surface area contributed by atoms with Gasteiger partial charge in [-0.1, -0.05) is 18.2 Å². The highest BCUT2D eigenvalue weighted by atomic mass is 35.5. The molecule has 2 nitrogen and oxygen atoms in total. The van der Waals surface area contributed by atoms with E-state index in [0.717, 1.165) is 13.1 Å². The van der Waals surface area contributed by atoms with Crippen molar-refractivity contribution in [2.75, 3.05) is 7.11 Å². The number of hydrogen-bond donors (Lipinski definition) is 1. The van der Waals surface area contributed by atoms with E-state index in [1.54, 1.807) is 7.11 Å². The lowest BCUT2D eigenvalue weighted by atomic mass is 10.1. The summed E-state index contributed by atoms with van der Waals surface area (Å²) in [4.78, 5) is 0. The Labute approximate surface area is 84.7 Å². The topological polar surface area (TPSA) is 21.3 Å². The van der Waals surface area contributed by atoms with Crippen molar-refractivity contribution in [2.45, 2.75) is 19.7 Å². The third-order valence-corrected chi connectivity index (χ3v) is 2.21. The maximum absolute atomic E-state index is 5.07. The molecular weight excluding hydrogens is 186 g/mol. The van der Waals surface area contributed by atoms with Crippen LogP contribution >= 0.6 is 12.4 Å². The van der Waals surface area contributed by atoms with Crippen molar-refractivity contribution in [1.82, 2.24) is 5.32 Å². The standard InChI is InChI=1S/C10H13NO.ClH/c1-12-7-8-2-3-9-5-11-6-10(9)4-8;/h2-4,11H,5-7H2,1H3;1H. The molecule has 0 aromatic heterocycles. The number of ether oxygens (including phenoxy) is 1. The lowest BCUT2D eigenvalue weighted by Gasteiger charge is -2.02. The smallest absolute Gasteiger partial charge is 0.0713 e. The van der Waals surface area contributed by atoms with E-state index in [2.05, 4.69) is 23.5 Å². The first-order chi connectivity index (χ1) is 5.90. The maximum Gasteiger partial charge on any atom is 0.0713 e. The second kappa shape index (κ2) is 4.61. The summed E-state index contributed by atoms with van der Waals surface area (Å²) in [6, 6.07) is 6.54. The fourth-order valence-electron chi connectivity index (χ4n) is 1.60. The molecule has 0 saturated carbocycles. The van der Waals surface area contributed by atoms with Crippen LogP contribution in [0.3, 0.4) is 0 Å². The van der Waals surface area contributed by atoms with Gasteiger partial charge in [-0.15, -0.1) is 12.4 Å². The van der Waals surface area contributed by atoms with Gasteiger partial charge in [0.2, 0.25) is 0 Å². The zero-order valence-corrected chi connectivity index (χ0v) is 8.49. The zero-order chi connectivity index (χ0) is 8.39. The molecule has 0 fully saturated rings. The molecule has 0 radical (unpaired) electrons. The summed E-state index contributed by atoms with van der Waals surface area (Å²) in [5.41, 5.74) is 4.11. The van der Waals surface area contributed by atoms with Crippen molar-refractivity contribution >= 4 is 12.4 Å². The number of nitrogens with one attached hydrogen (secondary N) is 1. The minimum atomic E-state index is 0. The van der Waals surface area contributed by atoms with Crippen molar-refractivity contribution in [3.05, 3.63) is 34.9 Å². The van der Waals surface area contributed by atoms with Crippen molar-refractivity contribution in [1.29, 1.82) is 0 Å². The van der Waals surface area contributed by atoms with Gasteiger partial charge in [-0.05, 0) is 16.7 Å². The van der Waals surface area contributed by atoms with Gasteiger partial charge in [0.25, 0.3) is 0 Å². The lowest BCUT2D eigenvalue weighted by molar-refractivity contribution is 0.185. The van der Waals surface area contributed by atoms with E-state index in [9.17, 15) is 0 Å². The largest absolute Gasteiger partial charge is 0.380 e. The second-order valence-electron chi connectivity index (χ2n) is 3.14. The first-order valence-electron chi connectivity index (χ1n) is 4.20. The highest BCUT2D eigenvalue weighted by Crippen LogP contribution is 2.17. The zero-order valence-electron chi connectivity index (χ0n) is 7.67. The van der Waals surface area contributed by atoms with Gasteiger partial charge >= 0.3 is 0 Å². The van der Waals surface area contributed by atoms with Crippen LogP contribution in [-0.2, 0) is 24.4 Å². The summed E-state index contributed by atoms with van der Waals surface area (Å²) >= 11 is 0. The molecule has 13 heavy (non-hydrogen) atoms. The first kappa shape index (κ1) is 10.5. The summed E-state index contributed by atoms with van der Waals surface area (Å²) in [5.74, 6) is 0. The lowest BCUT2D eigenvalue weighted by Crippen LogP contribution is -1.99. The van der Waals surface area contributed by atoms with Crippen molar-refractivity contribution in [3.8, 4) is 0 Å². The van der Waals surface area contributed by atoms with Gasteiger partial charge < -0.3 is 10.1 Å². The van der Waals surface area contributed by atoms with Gasteiger partial charge in [-0.3, -0.25) is 0 Å². The molecule has 1 N–H and O–H groups in total. The van der Waals surface area contributed by atoms with E-state index in [1.807, 2.05) is 0 Å². The Morgan fingerprint density at radius 1 is 1.31 bits per heavy atom. The summed E-state index contributed by atoms with van der Waals surface area (Å²) < 4.78 is 5.07. The van der Waals surface area contributed by atoms with Crippen LogP contribution in [0.1, 0.15) is 16.7 Å². The molecule has 1 heterocycles. The fourth-order valence-corrected chi connectivity index (χ4v) is 1.60. The van der Waals surface area contributed by atoms with E-state index < -0.39 is 0 Å². The van der Waals surface area contributed by atoms with Gasteiger partial charge in [0.1, 0.15) is 0 Å². The van der Waals surface area contributed by atoms with Crippen molar-refractivity contribution in [2.24, 2.45) is 0 Å². The van der Waals surface area contributed by atoms with Crippen molar-refractivity contribution < 1.29 is 4.74 Å². The molecule has 1 aromatic rings. The van der Waals surface area contributed by atoms with Gasteiger partial charge in [0, 0.05) is 20.2 Å². The Hall–Kier alpha value is -0.570. The number of halogens is 1. The molecular formula is C10H14ClNO. The van der Waals surface area contributed by atoms with Crippen LogP contribution in [0, 0.1) is 0 Å². The van der Waals surface area contributed by atoms with Crippen LogP contribution in [0.4, 0.5) is 0 Å². The highest BCUT2D eigenvalue weighted by Gasteiger charge is 2.09. The molecule has 0 amide bonds. The number of hydrogen-bond acceptors (Lipinski definition) is 2. The molecule has 0 saturated heterocycles. The molecule has 72 valence electrons. The van der Waals surface area contributed by atoms with Crippen LogP contribution in [0.15, 0.2) is 18.2 Å². The molecule has 0 aliphatic carbocycles. The number of benzene rings is 1. The molecule has 3 heteroatoms. The van der Waals surface area contributed by atoms with E-state index in [4.69, 9.17) is 4.74 Å². The Morgan fingerprint density at radius 2 is 2.08 bits per heavy atom. The summed E-state index contributed by atoms with van der Waals surface area (Å²) in [6.45, 7) is 2.74. The molecule has 1 aliphatic heterocycles. The van der Waals surface area contributed by atoms with Gasteiger partial charge in [-0.2, -0.15) is 0 Å². The molecule has 0 atom stereocenters. The normalized spacial score (nSPS) is 13.6. The second-order valence-corrected chi connectivity index (χ2v) is 3.14. The molecule has 0 bridgehead atoms. The highest BCUT2D eigenvalue weighted by molar-refractivity contribution is 5.85. The Balaban J connectivity index is 0.000000845. The Kier molecular flexibility index (Phi) is 3.72. The molecule has 1 aromatic carbocycles. The summed E-state index contributed by atoms with van der Waals surface area (Å²) in [6.07, 6.45) is 0.